The number of halogens is 2. The van der Waals surface area contributed by atoms with E-state index in [-0.39, 0.29) is 23.7 Å². The van der Waals surface area contributed by atoms with Crippen molar-refractivity contribution >= 4 is 11.6 Å². The maximum atomic E-state index is 13.1. The maximum Gasteiger partial charge on any atom is 0.242 e. The zero-order chi connectivity index (χ0) is 14.7. The maximum absolute atomic E-state index is 13.1. The summed E-state index contributed by atoms with van der Waals surface area (Å²) in [5.41, 5.74) is 6.26. The molecule has 2 rings (SSSR count). The summed E-state index contributed by atoms with van der Waals surface area (Å²) in [6, 6.07) is 3.18. The van der Waals surface area contributed by atoms with E-state index < -0.39 is 11.6 Å². The smallest absolute Gasteiger partial charge is 0.242 e. The number of anilines is 1. The molecular weight excluding hydrogens is 264 g/mol. The molecule has 1 aliphatic heterocycles. The Bertz CT molecular complexity index is 493. The molecule has 4 nitrogen and oxygen atoms in total. The first-order valence-corrected chi connectivity index (χ1v) is 6.72. The minimum Gasteiger partial charge on any atom is -0.325 e. The lowest BCUT2D eigenvalue weighted by Gasteiger charge is -2.12. The van der Waals surface area contributed by atoms with Gasteiger partial charge in [0.1, 0.15) is 6.04 Å². The molecule has 2 unspecified atom stereocenters. The molecule has 0 radical (unpaired) electrons. The predicted octanol–water partition coefficient (Wildman–Crippen LogP) is 2.18. The molecule has 110 valence electrons. The number of hydrogen-bond acceptors (Lipinski definition) is 3. The average molecular weight is 283 g/mol. The Morgan fingerprint density at radius 2 is 2.10 bits per heavy atom. The molecule has 3 N–H and O–H groups in total. The summed E-state index contributed by atoms with van der Waals surface area (Å²) in [6.45, 7) is 4.24. The van der Waals surface area contributed by atoms with E-state index in [9.17, 15) is 13.6 Å². The van der Waals surface area contributed by atoms with E-state index in [2.05, 4.69) is 30.0 Å². The van der Waals surface area contributed by atoms with Crippen LogP contribution < -0.4 is 16.2 Å². The molecule has 0 bridgehead atoms. The van der Waals surface area contributed by atoms with Crippen molar-refractivity contribution in [1.29, 1.82) is 0 Å². The van der Waals surface area contributed by atoms with Crippen LogP contribution in [0.15, 0.2) is 18.2 Å². The molecule has 0 saturated carbocycles. The van der Waals surface area contributed by atoms with Gasteiger partial charge in [-0.15, -0.1) is 0 Å². The lowest BCUT2D eigenvalue weighted by molar-refractivity contribution is -0.117. The molecule has 1 aromatic rings. The number of benzene rings is 1. The van der Waals surface area contributed by atoms with Gasteiger partial charge in [-0.2, -0.15) is 0 Å². The third-order valence-electron chi connectivity index (χ3n) is 3.24. The number of carbonyl (C=O) groups excluding carboxylic acids is 1. The van der Waals surface area contributed by atoms with Crippen LogP contribution in [-0.2, 0) is 4.79 Å². The normalized spacial score (nSPS) is 22.2. The summed E-state index contributed by atoms with van der Waals surface area (Å²) >= 11 is 0. The van der Waals surface area contributed by atoms with Crippen LogP contribution >= 0.6 is 0 Å². The van der Waals surface area contributed by atoms with Crippen molar-refractivity contribution in [3.05, 3.63) is 29.8 Å². The summed E-state index contributed by atoms with van der Waals surface area (Å²) < 4.78 is 25.9. The molecule has 0 spiro atoms. The fourth-order valence-electron chi connectivity index (χ4n) is 2.32. The van der Waals surface area contributed by atoms with Gasteiger partial charge in [-0.25, -0.2) is 14.2 Å². The average Bonchev–Trinajstić information content (AvgIpc) is 2.81. The van der Waals surface area contributed by atoms with Crippen LogP contribution in [0.3, 0.4) is 0 Å². The van der Waals surface area contributed by atoms with E-state index in [1.165, 1.54) is 6.07 Å². The first-order chi connectivity index (χ1) is 9.45. The third kappa shape index (κ3) is 3.74. The first-order valence-electron chi connectivity index (χ1n) is 6.72. The highest BCUT2D eigenvalue weighted by molar-refractivity contribution is 5.95. The Morgan fingerprint density at radius 1 is 1.35 bits per heavy atom. The Labute approximate surface area is 116 Å². The summed E-state index contributed by atoms with van der Waals surface area (Å²) in [4.78, 5) is 12.0. The highest BCUT2D eigenvalue weighted by Crippen LogP contribution is 2.17. The first kappa shape index (κ1) is 14.9. The molecule has 1 fully saturated rings. The minimum atomic E-state index is -0.974. The third-order valence-corrected chi connectivity index (χ3v) is 3.24. The molecule has 0 aliphatic carbocycles. The molecule has 0 aromatic heterocycles. The molecular formula is C14H19F2N3O. The van der Waals surface area contributed by atoms with Gasteiger partial charge >= 0.3 is 0 Å². The van der Waals surface area contributed by atoms with Crippen molar-refractivity contribution in [3.8, 4) is 0 Å². The molecule has 1 saturated heterocycles. The number of carbonyl (C=O) groups is 1. The Hall–Kier alpha value is -1.53. The largest absolute Gasteiger partial charge is 0.325 e. The van der Waals surface area contributed by atoms with Gasteiger partial charge in [-0.1, -0.05) is 13.8 Å². The molecule has 2 atom stereocenters. The van der Waals surface area contributed by atoms with Gasteiger partial charge in [-0.3, -0.25) is 10.2 Å². The Balaban J connectivity index is 1.91. The number of rotatable bonds is 4. The quantitative estimate of drug-likeness (QED) is 0.794. The number of hydrazine groups is 1. The van der Waals surface area contributed by atoms with E-state index in [4.69, 9.17) is 0 Å². The van der Waals surface area contributed by atoms with Gasteiger partial charge in [0.05, 0.1) is 0 Å². The van der Waals surface area contributed by atoms with Crippen molar-refractivity contribution in [1.82, 2.24) is 10.9 Å². The lowest BCUT2D eigenvalue weighted by atomic mass is 10.00. The van der Waals surface area contributed by atoms with E-state index in [0.717, 1.165) is 18.6 Å². The van der Waals surface area contributed by atoms with Crippen LogP contribution in [0, 0.1) is 17.6 Å². The van der Waals surface area contributed by atoms with Crippen molar-refractivity contribution in [2.75, 3.05) is 5.32 Å². The molecule has 1 aliphatic rings. The SMILES string of the molecule is CC(C)CC1CC(C(=O)Nc2ccc(F)c(F)c2)NN1. The van der Waals surface area contributed by atoms with Crippen LogP contribution in [0.4, 0.5) is 14.5 Å². The van der Waals surface area contributed by atoms with E-state index in [1.54, 1.807) is 0 Å². The molecule has 1 amide bonds. The van der Waals surface area contributed by atoms with E-state index in [0.29, 0.717) is 12.3 Å². The van der Waals surface area contributed by atoms with Gasteiger partial charge in [0, 0.05) is 17.8 Å². The second-order valence-corrected chi connectivity index (χ2v) is 5.52. The topological polar surface area (TPSA) is 53.2 Å². The summed E-state index contributed by atoms with van der Waals surface area (Å²) in [5.74, 6) is -1.62. The van der Waals surface area contributed by atoms with Crippen molar-refractivity contribution in [3.63, 3.8) is 0 Å². The van der Waals surface area contributed by atoms with Crippen molar-refractivity contribution < 1.29 is 13.6 Å². The van der Waals surface area contributed by atoms with Gasteiger partial charge in [0.2, 0.25) is 5.91 Å². The van der Waals surface area contributed by atoms with Crippen LogP contribution in [-0.4, -0.2) is 18.0 Å². The van der Waals surface area contributed by atoms with Crippen LogP contribution in [0.2, 0.25) is 0 Å². The van der Waals surface area contributed by atoms with Gasteiger partial charge in [0.25, 0.3) is 0 Å². The van der Waals surface area contributed by atoms with E-state index >= 15 is 0 Å². The summed E-state index contributed by atoms with van der Waals surface area (Å²) in [7, 11) is 0. The molecule has 1 aromatic carbocycles. The van der Waals surface area contributed by atoms with Crippen LogP contribution in [0.25, 0.3) is 0 Å². The zero-order valence-corrected chi connectivity index (χ0v) is 11.5. The lowest BCUT2D eigenvalue weighted by Crippen LogP contribution is -2.40. The van der Waals surface area contributed by atoms with Crippen molar-refractivity contribution in [2.45, 2.75) is 38.8 Å². The molecule has 6 heteroatoms. The van der Waals surface area contributed by atoms with Gasteiger partial charge < -0.3 is 5.32 Å². The summed E-state index contributed by atoms with van der Waals surface area (Å²) in [6.07, 6.45) is 1.65. The van der Waals surface area contributed by atoms with Gasteiger partial charge in [0.15, 0.2) is 11.6 Å². The van der Waals surface area contributed by atoms with Crippen LogP contribution in [0.1, 0.15) is 26.7 Å². The summed E-state index contributed by atoms with van der Waals surface area (Å²) in [5, 5.41) is 2.58. The highest BCUT2D eigenvalue weighted by Gasteiger charge is 2.29. The number of hydrogen-bond donors (Lipinski definition) is 3. The van der Waals surface area contributed by atoms with Crippen LogP contribution in [0.5, 0.6) is 0 Å². The number of nitrogens with one attached hydrogen (secondary N) is 3. The van der Waals surface area contributed by atoms with E-state index in [1.807, 2.05) is 0 Å². The Morgan fingerprint density at radius 3 is 2.75 bits per heavy atom. The standard InChI is InChI=1S/C14H19F2N3O/c1-8(2)5-10-7-13(19-18-10)14(20)17-9-3-4-11(15)12(16)6-9/h3-4,6,8,10,13,18-19H,5,7H2,1-2H3,(H,17,20). The second-order valence-electron chi connectivity index (χ2n) is 5.52. The fraction of sp³-hybridized carbons (Fsp3) is 0.500. The molecule has 1 heterocycles. The highest BCUT2D eigenvalue weighted by atomic mass is 19.2. The zero-order valence-electron chi connectivity index (χ0n) is 11.5. The fourth-order valence-corrected chi connectivity index (χ4v) is 2.32. The number of amides is 1. The Kier molecular flexibility index (Phi) is 4.67. The van der Waals surface area contributed by atoms with Gasteiger partial charge in [-0.05, 0) is 30.9 Å². The minimum absolute atomic E-state index is 0.246. The monoisotopic (exact) mass is 283 g/mol. The molecule has 20 heavy (non-hydrogen) atoms. The second kappa shape index (κ2) is 6.28. The predicted molar refractivity (Wildman–Crippen MR) is 72.9 cm³/mol. The van der Waals surface area contributed by atoms with Crippen molar-refractivity contribution in [2.24, 2.45) is 5.92 Å².